The summed E-state index contributed by atoms with van der Waals surface area (Å²) in [5, 5.41) is 9.54. The Bertz CT molecular complexity index is 923. The lowest BCUT2D eigenvalue weighted by atomic mass is 10.2. The monoisotopic (exact) mass is 379 g/mol. The normalized spacial score (nSPS) is 10.3. The third-order valence-electron chi connectivity index (χ3n) is 3.90. The summed E-state index contributed by atoms with van der Waals surface area (Å²) in [7, 11) is 0. The van der Waals surface area contributed by atoms with E-state index in [1.54, 1.807) is 59.7 Å². The maximum Gasteiger partial charge on any atom is 0.251 e. The molecule has 3 rings (SSSR count). The number of rotatable bonds is 8. The van der Waals surface area contributed by atoms with Crippen LogP contribution in [0.15, 0.2) is 61.1 Å². The fourth-order valence-corrected chi connectivity index (χ4v) is 2.56. The van der Waals surface area contributed by atoms with Crippen LogP contribution in [0.5, 0.6) is 5.75 Å². The first kappa shape index (κ1) is 19.1. The molecule has 2 heterocycles. The topological polar surface area (TPSA) is 98.1 Å². The van der Waals surface area contributed by atoms with Crippen molar-refractivity contribution in [3.8, 4) is 11.6 Å². The molecule has 2 amide bonds. The van der Waals surface area contributed by atoms with Gasteiger partial charge >= 0.3 is 0 Å². The first-order valence-electron chi connectivity index (χ1n) is 8.89. The number of nitrogens with zero attached hydrogens (tertiary/aromatic N) is 3. The van der Waals surface area contributed by atoms with Crippen molar-refractivity contribution >= 4 is 11.8 Å². The number of amides is 2. The van der Waals surface area contributed by atoms with Crippen LogP contribution in [0.3, 0.4) is 0 Å². The van der Waals surface area contributed by atoms with Crippen LogP contribution in [0.2, 0.25) is 0 Å². The SMILES string of the molecule is CCOc1ccc(C(=O)NCC(=O)NCc2cccnc2-n2cccn2)cc1. The van der Waals surface area contributed by atoms with Gasteiger partial charge in [-0.2, -0.15) is 5.10 Å². The molecule has 3 aromatic rings. The molecule has 2 N–H and O–H groups in total. The van der Waals surface area contributed by atoms with Gasteiger partial charge in [-0.1, -0.05) is 6.07 Å². The Labute approximate surface area is 162 Å². The van der Waals surface area contributed by atoms with E-state index in [1.807, 2.05) is 13.0 Å². The number of benzene rings is 1. The van der Waals surface area contributed by atoms with Gasteiger partial charge in [-0.15, -0.1) is 0 Å². The number of ether oxygens (including phenoxy) is 1. The van der Waals surface area contributed by atoms with Crippen molar-refractivity contribution in [1.82, 2.24) is 25.4 Å². The number of nitrogens with one attached hydrogen (secondary N) is 2. The molecule has 0 radical (unpaired) electrons. The van der Waals surface area contributed by atoms with Crippen LogP contribution < -0.4 is 15.4 Å². The van der Waals surface area contributed by atoms with Crippen LogP contribution in [0.25, 0.3) is 5.82 Å². The van der Waals surface area contributed by atoms with E-state index in [0.29, 0.717) is 23.7 Å². The molecule has 0 aliphatic carbocycles. The number of carbonyl (C=O) groups is 2. The second-order valence-electron chi connectivity index (χ2n) is 5.85. The average Bonchev–Trinajstić information content (AvgIpc) is 3.26. The van der Waals surface area contributed by atoms with E-state index < -0.39 is 0 Å². The van der Waals surface area contributed by atoms with Gasteiger partial charge in [-0.25, -0.2) is 9.67 Å². The second kappa shape index (κ2) is 9.31. The summed E-state index contributed by atoms with van der Waals surface area (Å²) in [4.78, 5) is 28.6. The van der Waals surface area contributed by atoms with Crippen LogP contribution in [-0.4, -0.2) is 39.7 Å². The van der Waals surface area contributed by atoms with Crippen molar-refractivity contribution in [1.29, 1.82) is 0 Å². The van der Waals surface area contributed by atoms with E-state index in [4.69, 9.17) is 4.74 Å². The van der Waals surface area contributed by atoms with Gasteiger partial charge in [-0.05, 0) is 43.3 Å². The van der Waals surface area contributed by atoms with Gasteiger partial charge < -0.3 is 15.4 Å². The Kier molecular flexibility index (Phi) is 6.35. The maximum atomic E-state index is 12.1. The molecule has 144 valence electrons. The minimum Gasteiger partial charge on any atom is -0.494 e. The summed E-state index contributed by atoms with van der Waals surface area (Å²) in [6, 6.07) is 12.2. The summed E-state index contributed by atoms with van der Waals surface area (Å²) in [6.07, 6.45) is 5.11. The van der Waals surface area contributed by atoms with Crippen LogP contribution in [0, 0.1) is 0 Å². The number of hydrogen-bond acceptors (Lipinski definition) is 5. The first-order valence-corrected chi connectivity index (χ1v) is 8.89. The summed E-state index contributed by atoms with van der Waals surface area (Å²) < 4.78 is 6.98. The van der Waals surface area contributed by atoms with Crippen LogP contribution >= 0.6 is 0 Å². The molecule has 0 atom stereocenters. The lowest BCUT2D eigenvalue weighted by Gasteiger charge is -2.10. The van der Waals surface area contributed by atoms with Crippen LogP contribution in [0.4, 0.5) is 0 Å². The summed E-state index contributed by atoms with van der Waals surface area (Å²) >= 11 is 0. The molecular weight excluding hydrogens is 358 g/mol. The van der Waals surface area contributed by atoms with Crippen LogP contribution in [-0.2, 0) is 11.3 Å². The second-order valence-corrected chi connectivity index (χ2v) is 5.85. The predicted molar refractivity (Wildman–Crippen MR) is 103 cm³/mol. The third kappa shape index (κ3) is 4.94. The highest BCUT2D eigenvalue weighted by atomic mass is 16.5. The Hall–Kier alpha value is -3.68. The molecule has 0 saturated carbocycles. The van der Waals surface area contributed by atoms with E-state index in [1.165, 1.54) is 0 Å². The van der Waals surface area contributed by atoms with Gasteiger partial charge in [0.1, 0.15) is 5.75 Å². The standard InChI is InChI=1S/C20H21N5O3/c1-2-28-17-8-6-15(7-9-17)20(27)23-14-18(26)22-13-16-5-3-10-21-19(16)25-12-4-11-24-25/h3-12H,2,13-14H2,1H3,(H,22,26)(H,23,27). The highest BCUT2D eigenvalue weighted by Gasteiger charge is 2.10. The molecule has 8 heteroatoms. The zero-order valence-corrected chi connectivity index (χ0v) is 15.5. The lowest BCUT2D eigenvalue weighted by molar-refractivity contribution is -0.120. The van der Waals surface area contributed by atoms with Crippen molar-refractivity contribution in [3.05, 3.63) is 72.2 Å². The first-order chi connectivity index (χ1) is 13.7. The fraction of sp³-hybridized carbons (Fsp3) is 0.200. The van der Waals surface area contributed by atoms with E-state index in [9.17, 15) is 9.59 Å². The number of hydrogen-bond donors (Lipinski definition) is 2. The molecule has 0 saturated heterocycles. The molecule has 0 unspecified atom stereocenters. The molecule has 8 nitrogen and oxygen atoms in total. The largest absolute Gasteiger partial charge is 0.494 e. The van der Waals surface area contributed by atoms with E-state index >= 15 is 0 Å². The van der Waals surface area contributed by atoms with Gasteiger partial charge in [0.05, 0.1) is 13.2 Å². The van der Waals surface area contributed by atoms with Gasteiger partial charge in [0.25, 0.3) is 5.91 Å². The number of carbonyl (C=O) groups excluding carboxylic acids is 2. The van der Waals surface area contributed by atoms with E-state index in [0.717, 1.165) is 5.56 Å². The zero-order chi connectivity index (χ0) is 19.8. The van der Waals surface area contributed by atoms with Crippen molar-refractivity contribution in [2.24, 2.45) is 0 Å². The highest BCUT2D eigenvalue weighted by molar-refractivity contribution is 5.96. The number of pyridine rings is 1. The quantitative estimate of drug-likeness (QED) is 0.621. The molecule has 0 aliphatic rings. The smallest absolute Gasteiger partial charge is 0.251 e. The Morgan fingerprint density at radius 2 is 1.89 bits per heavy atom. The molecule has 0 bridgehead atoms. The average molecular weight is 379 g/mol. The third-order valence-corrected chi connectivity index (χ3v) is 3.90. The van der Waals surface area contributed by atoms with Gasteiger partial charge in [0, 0.05) is 36.3 Å². The van der Waals surface area contributed by atoms with E-state index in [-0.39, 0.29) is 24.9 Å². The van der Waals surface area contributed by atoms with Gasteiger partial charge in [0.15, 0.2) is 5.82 Å². The minimum atomic E-state index is -0.322. The minimum absolute atomic E-state index is 0.122. The fourth-order valence-electron chi connectivity index (χ4n) is 2.56. The van der Waals surface area contributed by atoms with Crippen molar-refractivity contribution in [2.75, 3.05) is 13.2 Å². The van der Waals surface area contributed by atoms with Crippen molar-refractivity contribution in [2.45, 2.75) is 13.5 Å². The molecule has 0 spiro atoms. The van der Waals surface area contributed by atoms with Crippen molar-refractivity contribution < 1.29 is 14.3 Å². The van der Waals surface area contributed by atoms with Crippen LogP contribution in [0.1, 0.15) is 22.8 Å². The van der Waals surface area contributed by atoms with Crippen molar-refractivity contribution in [3.63, 3.8) is 0 Å². The summed E-state index contributed by atoms with van der Waals surface area (Å²) in [5.41, 5.74) is 1.28. The van der Waals surface area contributed by atoms with Gasteiger partial charge in [0.2, 0.25) is 5.91 Å². The predicted octanol–water partition coefficient (Wildman–Crippen LogP) is 1.71. The Morgan fingerprint density at radius 1 is 1.07 bits per heavy atom. The molecule has 1 aromatic carbocycles. The number of aromatic nitrogens is 3. The molecular formula is C20H21N5O3. The van der Waals surface area contributed by atoms with E-state index in [2.05, 4.69) is 20.7 Å². The molecule has 0 aliphatic heterocycles. The highest BCUT2D eigenvalue weighted by Crippen LogP contribution is 2.12. The zero-order valence-electron chi connectivity index (χ0n) is 15.5. The molecule has 28 heavy (non-hydrogen) atoms. The summed E-state index contributed by atoms with van der Waals surface area (Å²) in [5.74, 6) is 0.721. The lowest BCUT2D eigenvalue weighted by Crippen LogP contribution is -2.36. The maximum absolute atomic E-state index is 12.1. The van der Waals surface area contributed by atoms with Gasteiger partial charge in [-0.3, -0.25) is 9.59 Å². The Balaban J connectivity index is 1.51. The molecule has 2 aromatic heterocycles. The Morgan fingerprint density at radius 3 is 2.61 bits per heavy atom. The summed E-state index contributed by atoms with van der Waals surface area (Å²) in [6.45, 7) is 2.61. The molecule has 0 fully saturated rings.